The molecule has 0 spiro atoms. The minimum Gasteiger partial charge on any atom is -0.482 e. The first-order valence-electron chi connectivity index (χ1n) is 7.44. The van der Waals surface area contributed by atoms with E-state index in [4.69, 9.17) is 9.52 Å². The third-order valence-corrected chi connectivity index (χ3v) is 5.93. The molecule has 0 radical (unpaired) electrons. The second-order valence-corrected chi connectivity index (χ2v) is 8.65. The van der Waals surface area contributed by atoms with Crippen LogP contribution in [0, 0.1) is 4.78 Å². The molecule has 4 nitrogen and oxygen atoms in total. The number of benzene rings is 2. The molecule has 3 rings (SSSR count). The van der Waals surface area contributed by atoms with Crippen molar-refractivity contribution >= 4 is 31.5 Å². The predicted molar refractivity (Wildman–Crippen MR) is 99.7 cm³/mol. The SMILES string of the molecule is CC1(C)Oc2cc(CS(=N)(=O)O)ccc2C(c2ccccc2)=C1Br. The van der Waals surface area contributed by atoms with Crippen LogP contribution >= 0.6 is 15.9 Å². The van der Waals surface area contributed by atoms with Crippen LogP contribution in [0.2, 0.25) is 0 Å². The first-order chi connectivity index (χ1) is 11.2. The van der Waals surface area contributed by atoms with E-state index in [2.05, 4.69) is 15.9 Å². The van der Waals surface area contributed by atoms with Gasteiger partial charge in [-0.1, -0.05) is 58.4 Å². The molecule has 1 aliphatic heterocycles. The standard InChI is InChI=1S/C18H18BrNO3S/c1-18(2)17(19)16(13-6-4-3-5-7-13)14-9-8-12(10-15(14)23-18)11-24(20,21)22/h3-10H,11H2,1-2H3,(H2,20,21,22). The van der Waals surface area contributed by atoms with Crippen LogP contribution in [0.4, 0.5) is 0 Å². The number of nitrogens with one attached hydrogen (secondary N) is 1. The lowest BCUT2D eigenvalue weighted by Gasteiger charge is -2.35. The van der Waals surface area contributed by atoms with E-state index in [1.165, 1.54) is 0 Å². The van der Waals surface area contributed by atoms with E-state index in [-0.39, 0.29) is 5.75 Å². The molecule has 1 aliphatic rings. The Labute approximate surface area is 150 Å². The Kier molecular flexibility index (Phi) is 4.32. The zero-order chi connectivity index (χ0) is 17.5. The summed E-state index contributed by atoms with van der Waals surface area (Å²) in [7, 11) is -3.59. The van der Waals surface area contributed by atoms with Gasteiger partial charge in [-0.2, -0.15) is 0 Å². The predicted octanol–water partition coefficient (Wildman–Crippen LogP) is 5.03. The van der Waals surface area contributed by atoms with E-state index >= 15 is 0 Å². The summed E-state index contributed by atoms with van der Waals surface area (Å²) in [5.41, 5.74) is 3.09. The number of rotatable bonds is 3. The number of ether oxygens (including phenoxy) is 1. The first kappa shape index (κ1) is 17.2. The van der Waals surface area contributed by atoms with Crippen LogP contribution in [0.5, 0.6) is 5.75 Å². The van der Waals surface area contributed by atoms with E-state index in [0.29, 0.717) is 11.3 Å². The van der Waals surface area contributed by atoms with Crippen molar-refractivity contribution in [1.82, 2.24) is 0 Å². The van der Waals surface area contributed by atoms with Crippen molar-refractivity contribution in [3.05, 3.63) is 69.7 Å². The molecule has 1 unspecified atom stereocenters. The fourth-order valence-electron chi connectivity index (χ4n) is 2.80. The summed E-state index contributed by atoms with van der Waals surface area (Å²) in [6.45, 7) is 3.94. The van der Waals surface area contributed by atoms with Crippen LogP contribution in [0.1, 0.15) is 30.5 Å². The van der Waals surface area contributed by atoms with Gasteiger partial charge < -0.3 is 9.29 Å². The number of halogens is 1. The fraction of sp³-hybridized carbons (Fsp3) is 0.222. The molecule has 2 aromatic rings. The zero-order valence-electron chi connectivity index (χ0n) is 13.4. The summed E-state index contributed by atoms with van der Waals surface area (Å²) >= 11 is 3.69. The van der Waals surface area contributed by atoms with Gasteiger partial charge in [0.2, 0.25) is 0 Å². The van der Waals surface area contributed by atoms with Crippen LogP contribution in [0.15, 0.2) is 53.0 Å². The van der Waals surface area contributed by atoms with Crippen molar-refractivity contribution in [2.24, 2.45) is 0 Å². The molecular formula is C18H18BrNO3S. The van der Waals surface area contributed by atoms with Crippen molar-refractivity contribution in [2.45, 2.75) is 25.2 Å². The van der Waals surface area contributed by atoms with Crippen LogP contribution in [-0.4, -0.2) is 14.4 Å². The van der Waals surface area contributed by atoms with Gasteiger partial charge in [-0.05, 0) is 31.0 Å². The summed E-state index contributed by atoms with van der Waals surface area (Å²) < 4.78 is 34.9. The molecule has 0 fully saturated rings. The molecule has 1 heterocycles. The number of hydrogen-bond acceptors (Lipinski definition) is 3. The van der Waals surface area contributed by atoms with Gasteiger partial charge in [0.15, 0.2) is 10.0 Å². The van der Waals surface area contributed by atoms with Crippen molar-refractivity contribution in [3.63, 3.8) is 0 Å². The van der Waals surface area contributed by atoms with Gasteiger partial charge in [-0.15, -0.1) is 0 Å². The smallest absolute Gasteiger partial charge is 0.162 e. The van der Waals surface area contributed by atoms with Crippen LogP contribution < -0.4 is 4.74 Å². The summed E-state index contributed by atoms with van der Waals surface area (Å²) in [5.74, 6) is 0.443. The molecule has 0 saturated carbocycles. The van der Waals surface area contributed by atoms with Gasteiger partial charge >= 0.3 is 0 Å². The Bertz CT molecular complexity index is 919. The maximum atomic E-state index is 11.4. The van der Waals surface area contributed by atoms with Crippen molar-refractivity contribution in [2.75, 3.05) is 0 Å². The summed E-state index contributed by atoms with van der Waals surface area (Å²) in [6, 6.07) is 15.4. The van der Waals surface area contributed by atoms with Crippen LogP contribution in [0.25, 0.3) is 5.57 Å². The van der Waals surface area contributed by atoms with Gasteiger partial charge in [-0.3, -0.25) is 0 Å². The summed E-state index contributed by atoms with van der Waals surface area (Å²) in [5, 5.41) is 0. The zero-order valence-corrected chi connectivity index (χ0v) is 15.8. The Hall–Kier alpha value is -1.63. The maximum Gasteiger partial charge on any atom is 0.162 e. The summed E-state index contributed by atoms with van der Waals surface area (Å²) in [6.07, 6.45) is 0. The van der Waals surface area contributed by atoms with Gasteiger partial charge in [0.25, 0.3) is 0 Å². The molecule has 0 amide bonds. The average molecular weight is 408 g/mol. The molecule has 6 heteroatoms. The third kappa shape index (κ3) is 3.41. The van der Waals surface area contributed by atoms with Crippen LogP contribution in [-0.2, 0) is 15.8 Å². The topological polar surface area (TPSA) is 70.4 Å². The van der Waals surface area contributed by atoms with Gasteiger partial charge in [0.1, 0.15) is 11.4 Å². The number of fused-ring (bicyclic) bond motifs is 1. The second kappa shape index (κ2) is 6.02. The molecule has 0 saturated heterocycles. The molecule has 2 aromatic carbocycles. The Morgan fingerprint density at radius 3 is 2.50 bits per heavy atom. The molecule has 2 N–H and O–H groups in total. The average Bonchev–Trinajstić information content (AvgIpc) is 2.48. The van der Waals surface area contributed by atoms with Crippen LogP contribution in [0.3, 0.4) is 0 Å². The van der Waals surface area contributed by atoms with Gasteiger partial charge in [0, 0.05) is 15.6 Å². The van der Waals surface area contributed by atoms with Crippen molar-refractivity contribution in [3.8, 4) is 5.75 Å². The maximum absolute atomic E-state index is 11.4. The number of hydrogen-bond donors (Lipinski definition) is 2. The fourth-order valence-corrected chi connectivity index (χ4v) is 3.95. The van der Waals surface area contributed by atoms with E-state index in [9.17, 15) is 8.76 Å². The molecular weight excluding hydrogens is 390 g/mol. The van der Waals surface area contributed by atoms with Crippen molar-refractivity contribution < 1.29 is 13.5 Å². The summed E-state index contributed by atoms with van der Waals surface area (Å²) in [4.78, 5) is 0. The highest BCUT2D eigenvalue weighted by Gasteiger charge is 2.34. The van der Waals surface area contributed by atoms with E-state index in [0.717, 1.165) is 21.2 Å². The molecule has 126 valence electrons. The highest BCUT2D eigenvalue weighted by Crippen LogP contribution is 2.46. The largest absolute Gasteiger partial charge is 0.482 e. The highest BCUT2D eigenvalue weighted by molar-refractivity contribution is 9.12. The first-order valence-corrected chi connectivity index (χ1v) is 9.92. The quantitative estimate of drug-likeness (QED) is 0.748. The molecule has 0 aliphatic carbocycles. The molecule has 0 aromatic heterocycles. The third-order valence-electron chi connectivity index (χ3n) is 3.85. The van der Waals surface area contributed by atoms with Gasteiger partial charge in [-0.25, -0.2) is 8.99 Å². The molecule has 1 atom stereocenters. The monoisotopic (exact) mass is 407 g/mol. The molecule has 24 heavy (non-hydrogen) atoms. The Morgan fingerprint density at radius 1 is 1.21 bits per heavy atom. The van der Waals surface area contributed by atoms with E-state index < -0.39 is 15.6 Å². The highest BCUT2D eigenvalue weighted by atomic mass is 79.9. The molecule has 0 bridgehead atoms. The minimum absolute atomic E-state index is 0.213. The lowest BCUT2D eigenvalue weighted by molar-refractivity contribution is 0.155. The van der Waals surface area contributed by atoms with E-state index in [1.54, 1.807) is 12.1 Å². The van der Waals surface area contributed by atoms with Gasteiger partial charge in [0.05, 0.1) is 5.75 Å². The van der Waals surface area contributed by atoms with E-state index in [1.807, 2.05) is 50.2 Å². The lowest BCUT2D eigenvalue weighted by atomic mass is 9.89. The lowest BCUT2D eigenvalue weighted by Crippen LogP contribution is -2.32. The van der Waals surface area contributed by atoms with Crippen molar-refractivity contribution in [1.29, 1.82) is 4.78 Å². The second-order valence-electron chi connectivity index (χ2n) is 6.28. The Morgan fingerprint density at radius 2 is 1.88 bits per heavy atom. The normalized spacial score (nSPS) is 18.5. The minimum atomic E-state index is -3.59. The Balaban J connectivity index is 2.17.